The van der Waals surface area contributed by atoms with Crippen LogP contribution in [0.2, 0.25) is 0 Å². The number of benzene rings is 1. The predicted octanol–water partition coefficient (Wildman–Crippen LogP) is 3.18. The van der Waals surface area contributed by atoms with Crippen molar-refractivity contribution in [2.45, 2.75) is 17.7 Å². The summed E-state index contributed by atoms with van der Waals surface area (Å²) in [5.74, 6) is -0.0195. The van der Waals surface area contributed by atoms with Gasteiger partial charge in [-0.05, 0) is 30.5 Å². The van der Waals surface area contributed by atoms with E-state index in [1.165, 1.54) is 13.2 Å². The molecule has 1 unspecified atom stereocenters. The van der Waals surface area contributed by atoms with E-state index in [-0.39, 0.29) is 11.6 Å². The maximum atomic E-state index is 13.4. The standard InChI is InChI=1S/C12H16BrFO2/c1-15-8-10(13)5-3-9-4-6-12(16-2)11(14)7-9/h4,6-7,10H,3,5,8H2,1-2H3. The maximum absolute atomic E-state index is 13.4. The maximum Gasteiger partial charge on any atom is 0.165 e. The Balaban J connectivity index is 2.51. The second-order valence-corrected chi connectivity index (χ2v) is 4.86. The first-order chi connectivity index (χ1) is 7.67. The summed E-state index contributed by atoms with van der Waals surface area (Å²) < 4.78 is 23.2. The van der Waals surface area contributed by atoms with Crippen molar-refractivity contribution in [3.8, 4) is 5.75 Å². The Kier molecular flexibility index (Phi) is 5.77. The van der Waals surface area contributed by atoms with Crippen LogP contribution in [0.3, 0.4) is 0 Å². The molecule has 0 aliphatic heterocycles. The third-order valence-electron chi connectivity index (χ3n) is 2.31. The smallest absolute Gasteiger partial charge is 0.165 e. The Bertz CT molecular complexity index is 331. The van der Waals surface area contributed by atoms with Crippen LogP contribution in [0.1, 0.15) is 12.0 Å². The van der Waals surface area contributed by atoms with E-state index in [1.54, 1.807) is 13.2 Å². The van der Waals surface area contributed by atoms with Gasteiger partial charge in [0.05, 0.1) is 13.7 Å². The van der Waals surface area contributed by atoms with Crippen LogP contribution < -0.4 is 4.74 Å². The van der Waals surface area contributed by atoms with Gasteiger partial charge in [0.1, 0.15) is 0 Å². The van der Waals surface area contributed by atoms with Crippen LogP contribution in [0, 0.1) is 5.82 Å². The van der Waals surface area contributed by atoms with Crippen molar-refractivity contribution in [3.05, 3.63) is 29.6 Å². The zero-order valence-electron chi connectivity index (χ0n) is 9.50. The first-order valence-electron chi connectivity index (χ1n) is 5.12. The average Bonchev–Trinajstić information content (AvgIpc) is 2.27. The van der Waals surface area contributed by atoms with Crippen LogP contribution >= 0.6 is 15.9 Å². The fraction of sp³-hybridized carbons (Fsp3) is 0.500. The molecule has 1 aromatic carbocycles. The summed E-state index contributed by atoms with van der Waals surface area (Å²) in [7, 11) is 3.13. The monoisotopic (exact) mass is 290 g/mol. The van der Waals surface area contributed by atoms with E-state index < -0.39 is 0 Å². The lowest BCUT2D eigenvalue weighted by molar-refractivity contribution is 0.198. The largest absolute Gasteiger partial charge is 0.494 e. The van der Waals surface area contributed by atoms with E-state index in [4.69, 9.17) is 9.47 Å². The minimum absolute atomic E-state index is 0.288. The van der Waals surface area contributed by atoms with Crippen LogP contribution in [-0.4, -0.2) is 25.7 Å². The molecule has 0 radical (unpaired) electrons. The van der Waals surface area contributed by atoms with Gasteiger partial charge in [0.25, 0.3) is 0 Å². The summed E-state index contributed by atoms with van der Waals surface area (Å²) in [5.41, 5.74) is 0.971. The number of halogens is 2. The first kappa shape index (κ1) is 13.5. The number of hydrogen-bond acceptors (Lipinski definition) is 2. The Morgan fingerprint density at radius 3 is 2.69 bits per heavy atom. The molecular weight excluding hydrogens is 275 g/mol. The molecule has 0 amide bonds. The molecule has 0 saturated heterocycles. The summed E-state index contributed by atoms with van der Waals surface area (Å²) in [6.07, 6.45) is 1.74. The summed E-state index contributed by atoms with van der Waals surface area (Å²) in [5, 5.41) is 0. The van der Waals surface area contributed by atoms with E-state index in [0.29, 0.717) is 11.4 Å². The second-order valence-electron chi connectivity index (χ2n) is 3.56. The van der Waals surface area contributed by atoms with Crippen LogP contribution in [0.5, 0.6) is 5.75 Å². The Hall–Kier alpha value is -0.610. The Labute approximate surface area is 104 Å². The van der Waals surface area contributed by atoms with E-state index in [9.17, 15) is 4.39 Å². The SMILES string of the molecule is COCC(Br)CCc1ccc(OC)c(F)c1. The highest BCUT2D eigenvalue weighted by Crippen LogP contribution is 2.19. The molecule has 1 atom stereocenters. The number of hydrogen-bond donors (Lipinski definition) is 0. The van der Waals surface area contributed by atoms with Crippen LogP contribution in [-0.2, 0) is 11.2 Å². The first-order valence-corrected chi connectivity index (χ1v) is 6.04. The molecular formula is C12H16BrFO2. The van der Waals surface area contributed by atoms with Gasteiger partial charge < -0.3 is 9.47 Å². The highest BCUT2D eigenvalue weighted by Gasteiger charge is 2.06. The minimum atomic E-state index is -0.308. The molecule has 90 valence electrons. The van der Waals surface area contributed by atoms with Gasteiger partial charge in [-0.1, -0.05) is 22.0 Å². The molecule has 0 N–H and O–H groups in total. The van der Waals surface area contributed by atoms with Gasteiger partial charge in [-0.25, -0.2) is 4.39 Å². The molecule has 0 bridgehead atoms. The van der Waals surface area contributed by atoms with Crippen molar-refractivity contribution in [2.75, 3.05) is 20.8 Å². The third kappa shape index (κ3) is 4.10. The van der Waals surface area contributed by atoms with Crippen molar-refractivity contribution < 1.29 is 13.9 Å². The molecule has 1 rings (SSSR count). The van der Waals surface area contributed by atoms with Crippen molar-refractivity contribution in [1.29, 1.82) is 0 Å². The normalized spacial score (nSPS) is 12.5. The van der Waals surface area contributed by atoms with Crippen LogP contribution in [0.4, 0.5) is 4.39 Å². The van der Waals surface area contributed by atoms with Crippen LogP contribution in [0.15, 0.2) is 18.2 Å². The fourth-order valence-corrected chi connectivity index (χ4v) is 1.95. The van der Waals surface area contributed by atoms with Crippen molar-refractivity contribution in [2.24, 2.45) is 0 Å². The quantitative estimate of drug-likeness (QED) is 0.749. The van der Waals surface area contributed by atoms with Crippen LogP contribution in [0.25, 0.3) is 0 Å². The highest BCUT2D eigenvalue weighted by molar-refractivity contribution is 9.09. The van der Waals surface area contributed by atoms with Gasteiger partial charge >= 0.3 is 0 Å². The van der Waals surface area contributed by atoms with E-state index >= 15 is 0 Å². The van der Waals surface area contributed by atoms with E-state index in [2.05, 4.69) is 15.9 Å². The lowest BCUT2D eigenvalue weighted by atomic mass is 10.1. The number of methoxy groups -OCH3 is 2. The molecule has 4 heteroatoms. The summed E-state index contributed by atoms with van der Waals surface area (Å²) in [6.45, 7) is 0.665. The fourth-order valence-electron chi connectivity index (χ4n) is 1.45. The molecule has 0 saturated carbocycles. The van der Waals surface area contributed by atoms with Gasteiger partial charge in [-0.15, -0.1) is 0 Å². The molecule has 16 heavy (non-hydrogen) atoms. The van der Waals surface area contributed by atoms with Gasteiger partial charge in [-0.2, -0.15) is 0 Å². The number of ether oxygens (including phenoxy) is 2. The Morgan fingerprint density at radius 1 is 1.38 bits per heavy atom. The van der Waals surface area contributed by atoms with Gasteiger partial charge in [0.2, 0.25) is 0 Å². The van der Waals surface area contributed by atoms with Crippen molar-refractivity contribution >= 4 is 15.9 Å². The average molecular weight is 291 g/mol. The third-order valence-corrected chi connectivity index (χ3v) is 3.03. The molecule has 0 fully saturated rings. The van der Waals surface area contributed by atoms with Gasteiger partial charge in [-0.3, -0.25) is 0 Å². The topological polar surface area (TPSA) is 18.5 Å². The summed E-state index contributed by atoms with van der Waals surface area (Å²) in [6, 6.07) is 5.06. The van der Waals surface area contributed by atoms with Crippen molar-refractivity contribution in [3.63, 3.8) is 0 Å². The van der Waals surface area contributed by atoms with Gasteiger partial charge in [0, 0.05) is 11.9 Å². The molecule has 2 nitrogen and oxygen atoms in total. The summed E-state index contributed by atoms with van der Waals surface area (Å²) in [4.78, 5) is 0.308. The zero-order chi connectivity index (χ0) is 12.0. The highest BCUT2D eigenvalue weighted by atomic mass is 79.9. The zero-order valence-corrected chi connectivity index (χ0v) is 11.1. The molecule has 1 aromatic rings. The Morgan fingerprint density at radius 2 is 2.12 bits per heavy atom. The number of alkyl halides is 1. The van der Waals surface area contributed by atoms with Crippen molar-refractivity contribution in [1.82, 2.24) is 0 Å². The second kappa shape index (κ2) is 6.86. The van der Waals surface area contributed by atoms with Gasteiger partial charge in [0.15, 0.2) is 11.6 Å². The number of rotatable bonds is 6. The molecule has 0 heterocycles. The lowest BCUT2D eigenvalue weighted by Gasteiger charge is -2.09. The predicted molar refractivity (Wildman–Crippen MR) is 65.9 cm³/mol. The number of aryl methyl sites for hydroxylation is 1. The lowest BCUT2D eigenvalue weighted by Crippen LogP contribution is -2.07. The molecule has 0 aliphatic rings. The van der Waals surface area contributed by atoms with E-state index in [1.807, 2.05) is 6.07 Å². The molecule has 0 aliphatic carbocycles. The molecule has 0 spiro atoms. The molecule has 0 aromatic heterocycles. The summed E-state index contributed by atoms with van der Waals surface area (Å²) >= 11 is 3.50. The minimum Gasteiger partial charge on any atom is -0.494 e. The van der Waals surface area contributed by atoms with E-state index in [0.717, 1.165) is 18.4 Å².